The minimum atomic E-state index is 0.0177. The summed E-state index contributed by atoms with van der Waals surface area (Å²) in [5.41, 5.74) is 12.4. The highest BCUT2D eigenvalue weighted by atomic mass is 35.5. The third-order valence-corrected chi connectivity index (χ3v) is 2.47. The lowest BCUT2D eigenvalue weighted by Gasteiger charge is -2.07. The van der Waals surface area contributed by atoms with Crippen molar-refractivity contribution in [2.45, 2.75) is 19.4 Å². The second-order valence-electron chi connectivity index (χ2n) is 3.87. The lowest BCUT2D eigenvalue weighted by Crippen LogP contribution is -2.19. The van der Waals surface area contributed by atoms with Gasteiger partial charge in [0.15, 0.2) is 0 Å². The first-order valence-electron chi connectivity index (χ1n) is 5.03. The molecule has 0 fully saturated rings. The summed E-state index contributed by atoms with van der Waals surface area (Å²) in [5.74, 6) is 1.12. The van der Waals surface area contributed by atoms with Crippen LogP contribution in [0.25, 0.3) is 10.9 Å². The fraction of sp³-hybridized carbons (Fsp3) is 0.273. The first kappa shape index (κ1) is 11.1. The molecular formula is C11H13ClN4. The molecule has 0 amide bonds. The van der Waals surface area contributed by atoms with Gasteiger partial charge in [-0.3, -0.25) is 0 Å². The molecule has 0 aliphatic heterocycles. The molecule has 4 nitrogen and oxygen atoms in total. The SMILES string of the molecule is CC(N)Cc1nc(N)c2cc(Cl)ccc2n1. The normalized spacial score (nSPS) is 12.9. The average Bonchev–Trinajstić information content (AvgIpc) is 2.18. The number of benzene rings is 1. The van der Waals surface area contributed by atoms with Gasteiger partial charge in [0.1, 0.15) is 11.6 Å². The van der Waals surface area contributed by atoms with Crippen molar-refractivity contribution in [2.24, 2.45) is 5.73 Å². The highest BCUT2D eigenvalue weighted by Gasteiger charge is 2.07. The molecule has 0 aliphatic rings. The Balaban J connectivity index is 2.55. The molecule has 2 rings (SSSR count). The van der Waals surface area contributed by atoms with Crippen molar-refractivity contribution >= 4 is 28.3 Å². The van der Waals surface area contributed by atoms with E-state index in [9.17, 15) is 0 Å². The Morgan fingerprint density at radius 1 is 1.38 bits per heavy atom. The third kappa shape index (κ3) is 2.23. The Morgan fingerprint density at radius 2 is 2.12 bits per heavy atom. The molecule has 1 heterocycles. The van der Waals surface area contributed by atoms with Crippen molar-refractivity contribution in [1.29, 1.82) is 0 Å². The summed E-state index contributed by atoms with van der Waals surface area (Å²) in [6.07, 6.45) is 0.614. The topological polar surface area (TPSA) is 77.8 Å². The van der Waals surface area contributed by atoms with E-state index in [-0.39, 0.29) is 6.04 Å². The number of nitrogens with zero attached hydrogens (tertiary/aromatic N) is 2. The standard InChI is InChI=1S/C11H13ClN4/c1-6(13)4-10-15-9-3-2-7(12)5-8(9)11(14)16-10/h2-3,5-6H,4,13H2,1H3,(H2,14,15,16). The molecule has 84 valence electrons. The summed E-state index contributed by atoms with van der Waals surface area (Å²) < 4.78 is 0. The maximum atomic E-state index is 5.88. The van der Waals surface area contributed by atoms with Gasteiger partial charge in [-0.1, -0.05) is 11.6 Å². The third-order valence-electron chi connectivity index (χ3n) is 2.24. The van der Waals surface area contributed by atoms with Crippen LogP contribution in [0, 0.1) is 0 Å². The monoisotopic (exact) mass is 236 g/mol. The Morgan fingerprint density at radius 3 is 2.81 bits per heavy atom. The van der Waals surface area contributed by atoms with E-state index in [1.54, 1.807) is 12.1 Å². The zero-order valence-corrected chi connectivity index (χ0v) is 9.70. The number of nitrogen functional groups attached to an aromatic ring is 1. The minimum Gasteiger partial charge on any atom is -0.383 e. The summed E-state index contributed by atoms with van der Waals surface area (Å²) in [5, 5.41) is 1.41. The van der Waals surface area contributed by atoms with Gasteiger partial charge in [-0.2, -0.15) is 0 Å². The summed E-state index contributed by atoms with van der Waals surface area (Å²) in [4.78, 5) is 8.60. The van der Waals surface area contributed by atoms with Gasteiger partial charge < -0.3 is 11.5 Å². The Kier molecular flexibility index (Phi) is 2.94. The molecule has 1 unspecified atom stereocenters. The summed E-state index contributed by atoms with van der Waals surface area (Å²) in [6.45, 7) is 1.91. The molecule has 0 aliphatic carbocycles. The highest BCUT2D eigenvalue weighted by Crippen LogP contribution is 2.22. The van der Waals surface area contributed by atoms with E-state index in [4.69, 9.17) is 23.1 Å². The van der Waals surface area contributed by atoms with Gasteiger partial charge in [0, 0.05) is 22.9 Å². The summed E-state index contributed by atoms with van der Waals surface area (Å²) in [7, 11) is 0. The largest absolute Gasteiger partial charge is 0.383 e. The van der Waals surface area contributed by atoms with Crippen LogP contribution in [0.3, 0.4) is 0 Å². The van der Waals surface area contributed by atoms with Crippen molar-refractivity contribution in [3.63, 3.8) is 0 Å². The van der Waals surface area contributed by atoms with E-state index < -0.39 is 0 Å². The van der Waals surface area contributed by atoms with Crippen LogP contribution in [-0.2, 0) is 6.42 Å². The zero-order chi connectivity index (χ0) is 11.7. The second-order valence-corrected chi connectivity index (χ2v) is 4.30. The molecular weight excluding hydrogens is 224 g/mol. The lowest BCUT2D eigenvalue weighted by atomic mass is 10.2. The average molecular weight is 237 g/mol. The van der Waals surface area contributed by atoms with E-state index in [1.807, 2.05) is 13.0 Å². The Bertz CT molecular complexity index is 525. The van der Waals surface area contributed by atoms with Crippen molar-refractivity contribution < 1.29 is 0 Å². The summed E-state index contributed by atoms with van der Waals surface area (Å²) >= 11 is 5.88. The molecule has 0 spiro atoms. The molecule has 5 heteroatoms. The number of hydrogen-bond donors (Lipinski definition) is 2. The van der Waals surface area contributed by atoms with Crippen LogP contribution in [0.1, 0.15) is 12.7 Å². The van der Waals surface area contributed by atoms with Crippen molar-refractivity contribution in [2.75, 3.05) is 5.73 Å². The van der Waals surface area contributed by atoms with Crippen LogP contribution < -0.4 is 11.5 Å². The molecule has 2 aromatic rings. The number of halogens is 1. The number of anilines is 1. The van der Waals surface area contributed by atoms with E-state index >= 15 is 0 Å². The number of rotatable bonds is 2. The quantitative estimate of drug-likeness (QED) is 0.833. The zero-order valence-electron chi connectivity index (χ0n) is 8.94. The lowest BCUT2D eigenvalue weighted by molar-refractivity contribution is 0.706. The van der Waals surface area contributed by atoms with Crippen molar-refractivity contribution in [1.82, 2.24) is 9.97 Å². The van der Waals surface area contributed by atoms with Crippen LogP contribution >= 0.6 is 11.6 Å². The number of hydrogen-bond acceptors (Lipinski definition) is 4. The van der Waals surface area contributed by atoms with Crippen LogP contribution in [0.2, 0.25) is 5.02 Å². The van der Waals surface area contributed by atoms with Gasteiger partial charge in [-0.05, 0) is 25.1 Å². The number of aromatic nitrogens is 2. The van der Waals surface area contributed by atoms with Crippen LogP contribution in [0.5, 0.6) is 0 Å². The molecule has 16 heavy (non-hydrogen) atoms. The minimum absolute atomic E-state index is 0.0177. The molecule has 4 N–H and O–H groups in total. The van der Waals surface area contributed by atoms with Crippen molar-refractivity contribution in [3.8, 4) is 0 Å². The van der Waals surface area contributed by atoms with Crippen LogP contribution in [-0.4, -0.2) is 16.0 Å². The molecule has 1 aromatic heterocycles. The Labute approximate surface area is 98.6 Å². The van der Waals surface area contributed by atoms with Gasteiger partial charge in [-0.25, -0.2) is 9.97 Å². The highest BCUT2D eigenvalue weighted by molar-refractivity contribution is 6.31. The molecule has 1 aromatic carbocycles. The fourth-order valence-electron chi connectivity index (χ4n) is 1.55. The second kappa shape index (κ2) is 4.23. The molecule has 0 radical (unpaired) electrons. The predicted molar refractivity (Wildman–Crippen MR) is 66.3 cm³/mol. The first-order valence-corrected chi connectivity index (χ1v) is 5.41. The van der Waals surface area contributed by atoms with Gasteiger partial charge in [0.05, 0.1) is 5.52 Å². The fourth-order valence-corrected chi connectivity index (χ4v) is 1.73. The maximum Gasteiger partial charge on any atom is 0.135 e. The molecule has 0 bridgehead atoms. The number of fused-ring (bicyclic) bond motifs is 1. The van der Waals surface area contributed by atoms with Gasteiger partial charge in [0.2, 0.25) is 0 Å². The van der Waals surface area contributed by atoms with Crippen molar-refractivity contribution in [3.05, 3.63) is 29.0 Å². The predicted octanol–water partition coefficient (Wildman–Crippen LogP) is 1.76. The smallest absolute Gasteiger partial charge is 0.135 e. The van der Waals surface area contributed by atoms with E-state index in [2.05, 4.69) is 9.97 Å². The van der Waals surface area contributed by atoms with E-state index in [0.29, 0.717) is 23.1 Å². The maximum absolute atomic E-state index is 5.88. The molecule has 1 atom stereocenters. The molecule has 0 saturated heterocycles. The van der Waals surface area contributed by atoms with Gasteiger partial charge in [0.25, 0.3) is 0 Å². The van der Waals surface area contributed by atoms with Gasteiger partial charge >= 0.3 is 0 Å². The van der Waals surface area contributed by atoms with Crippen LogP contribution in [0.15, 0.2) is 18.2 Å². The van der Waals surface area contributed by atoms with Gasteiger partial charge in [-0.15, -0.1) is 0 Å². The Hall–Kier alpha value is -1.39. The van der Waals surface area contributed by atoms with Crippen LogP contribution in [0.4, 0.5) is 5.82 Å². The number of nitrogens with two attached hydrogens (primary N) is 2. The van der Waals surface area contributed by atoms with E-state index in [1.165, 1.54) is 0 Å². The molecule has 0 saturated carbocycles. The van der Waals surface area contributed by atoms with E-state index in [0.717, 1.165) is 10.9 Å². The first-order chi connectivity index (χ1) is 7.56. The summed E-state index contributed by atoms with van der Waals surface area (Å²) in [6, 6.07) is 5.40.